The van der Waals surface area contributed by atoms with E-state index in [0.29, 0.717) is 37.0 Å². The average molecular weight is 384 g/mol. The number of hydrogen-bond donors (Lipinski definition) is 3. The monoisotopic (exact) mass is 384 g/mol. The number of hydrogen-bond acceptors (Lipinski definition) is 4. The van der Waals surface area contributed by atoms with E-state index in [9.17, 15) is 4.79 Å². The van der Waals surface area contributed by atoms with Gasteiger partial charge in [0.1, 0.15) is 0 Å². The number of carbonyl (C=O) groups excluding carboxylic acids is 1. The largest absolute Gasteiger partial charge is 0.493 e. The smallest absolute Gasteiger partial charge is 0.224 e. The van der Waals surface area contributed by atoms with Gasteiger partial charge in [-0.1, -0.05) is 25.1 Å². The highest BCUT2D eigenvalue weighted by atomic mass is 16.5. The van der Waals surface area contributed by atoms with Crippen molar-refractivity contribution in [2.45, 2.75) is 32.9 Å². The van der Waals surface area contributed by atoms with E-state index in [4.69, 9.17) is 15.2 Å². The van der Waals surface area contributed by atoms with E-state index < -0.39 is 0 Å². The van der Waals surface area contributed by atoms with Crippen LogP contribution >= 0.6 is 0 Å². The number of nitrogens with one attached hydrogen (secondary N) is 2. The van der Waals surface area contributed by atoms with Crippen molar-refractivity contribution in [2.75, 3.05) is 19.5 Å². The second kappa shape index (κ2) is 10.8. The number of nitrogens with two attached hydrogens (primary N) is 1. The zero-order valence-electron chi connectivity index (χ0n) is 16.6. The first-order chi connectivity index (χ1) is 13.5. The van der Waals surface area contributed by atoms with Crippen molar-refractivity contribution in [3.63, 3.8) is 0 Å². The first-order valence-corrected chi connectivity index (χ1v) is 9.19. The SMILES string of the molecule is CCCC(=O)Nc1ccc(CNC(N)=NCc2ccc(OC)c(OC)c2)cc1. The molecule has 0 atom stereocenters. The minimum absolute atomic E-state index is 0.0277. The van der Waals surface area contributed by atoms with Gasteiger partial charge in [-0.05, 0) is 41.8 Å². The normalized spacial score (nSPS) is 11.0. The fourth-order valence-corrected chi connectivity index (χ4v) is 2.56. The lowest BCUT2D eigenvalue weighted by Gasteiger charge is -2.09. The third-order valence-electron chi connectivity index (χ3n) is 4.07. The van der Waals surface area contributed by atoms with Crippen molar-refractivity contribution in [3.05, 3.63) is 53.6 Å². The fourth-order valence-electron chi connectivity index (χ4n) is 2.56. The molecule has 4 N–H and O–H groups in total. The topological polar surface area (TPSA) is 98.0 Å². The molecule has 1 amide bonds. The molecule has 0 bridgehead atoms. The summed E-state index contributed by atoms with van der Waals surface area (Å²) >= 11 is 0. The predicted molar refractivity (Wildman–Crippen MR) is 112 cm³/mol. The van der Waals surface area contributed by atoms with Crippen LogP contribution in [0.3, 0.4) is 0 Å². The van der Waals surface area contributed by atoms with Gasteiger partial charge in [-0.2, -0.15) is 0 Å². The molecule has 0 aromatic heterocycles. The van der Waals surface area contributed by atoms with Gasteiger partial charge in [-0.25, -0.2) is 4.99 Å². The molecule has 7 nitrogen and oxygen atoms in total. The quantitative estimate of drug-likeness (QED) is 0.456. The third kappa shape index (κ3) is 6.50. The van der Waals surface area contributed by atoms with Crippen LogP contribution in [0.4, 0.5) is 5.69 Å². The lowest BCUT2D eigenvalue weighted by Crippen LogP contribution is -2.31. The number of carbonyl (C=O) groups is 1. The average Bonchev–Trinajstić information content (AvgIpc) is 2.71. The van der Waals surface area contributed by atoms with E-state index in [1.807, 2.05) is 49.4 Å². The molecule has 150 valence electrons. The Morgan fingerprint density at radius 3 is 2.36 bits per heavy atom. The van der Waals surface area contributed by atoms with Crippen LogP contribution in [0, 0.1) is 0 Å². The summed E-state index contributed by atoms with van der Waals surface area (Å²) in [6.45, 7) is 2.96. The highest BCUT2D eigenvalue weighted by Crippen LogP contribution is 2.27. The van der Waals surface area contributed by atoms with Crippen LogP contribution in [-0.2, 0) is 17.9 Å². The van der Waals surface area contributed by atoms with Gasteiger partial charge in [0.15, 0.2) is 17.5 Å². The van der Waals surface area contributed by atoms with Crippen molar-refractivity contribution in [2.24, 2.45) is 10.7 Å². The van der Waals surface area contributed by atoms with Gasteiger partial charge in [-0.3, -0.25) is 4.79 Å². The van der Waals surface area contributed by atoms with E-state index in [0.717, 1.165) is 23.2 Å². The number of methoxy groups -OCH3 is 2. The summed E-state index contributed by atoms with van der Waals surface area (Å²) in [5.74, 6) is 1.72. The maximum atomic E-state index is 11.6. The number of benzene rings is 2. The number of guanidine groups is 1. The van der Waals surface area contributed by atoms with E-state index in [1.165, 1.54) is 0 Å². The second-order valence-corrected chi connectivity index (χ2v) is 6.24. The van der Waals surface area contributed by atoms with E-state index >= 15 is 0 Å². The molecule has 2 aromatic rings. The Morgan fingerprint density at radius 2 is 1.71 bits per heavy atom. The maximum absolute atomic E-state index is 11.6. The Labute approximate surface area is 165 Å². The Balaban J connectivity index is 1.86. The Kier molecular flexibility index (Phi) is 8.14. The van der Waals surface area contributed by atoms with Crippen LogP contribution in [0.2, 0.25) is 0 Å². The number of amides is 1. The van der Waals surface area contributed by atoms with Crippen LogP contribution in [-0.4, -0.2) is 26.1 Å². The number of aliphatic imine (C=N–C) groups is 1. The minimum Gasteiger partial charge on any atom is -0.493 e. The third-order valence-corrected chi connectivity index (χ3v) is 4.07. The number of rotatable bonds is 9. The van der Waals surface area contributed by atoms with Gasteiger partial charge in [0.2, 0.25) is 5.91 Å². The molecule has 2 aromatic carbocycles. The van der Waals surface area contributed by atoms with Crippen LogP contribution in [0.1, 0.15) is 30.9 Å². The molecule has 0 heterocycles. The van der Waals surface area contributed by atoms with Gasteiger partial charge in [0.05, 0.1) is 20.8 Å². The van der Waals surface area contributed by atoms with Crippen LogP contribution in [0.5, 0.6) is 11.5 Å². The maximum Gasteiger partial charge on any atom is 0.224 e. The molecule has 0 spiro atoms. The molecule has 0 fully saturated rings. The predicted octanol–water partition coefficient (Wildman–Crippen LogP) is 3.05. The zero-order valence-corrected chi connectivity index (χ0v) is 16.6. The summed E-state index contributed by atoms with van der Waals surface area (Å²) in [4.78, 5) is 16.0. The standard InChI is InChI=1S/C21H28N4O3/c1-4-5-20(26)25-17-9-6-15(7-10-17)13-23-21(22)24-14-16-8-11-18(27-2)19(12-16)28-3/h6-12H,4-5,13-14H2,1-3H3,(H,25,26)(H3,22,23,24). The minimum atomic E-state index is 0.0277. The molecular formula is C21H28N4O3. The molecule has 0 saturated carbocycles. The molecule has 0 unspecified atom stereocenters. The molecule has 0 aliphatic rings. The Bertz CT molecular complexity index is 804. The summed E-state index contributed by atoms with van der Waals surface area (Å²) in [6.07, 6.45) is 1.35. The van der Waals surface area contributed by atoms with Gasteiger partial charge < -0.3 is 25.8 Å². The molecule has 0 aliphatic carbocycles. The summed E-state index contributed by atoms with van der Waals surface area (Å²) in [5, 5.41) is 5.95. The van der Waals surface area contributed by atoms with Crippen molar-refractivity contribution >= 4 is 17.6 Å². The van der Waals surface area contributed by atoms with Crippen LogP contribution < -0.4 is 25.8 Å². The number of ether oxygens (including phenoxy) is 2. The van der Waals surface area contributed by atoms with Gasteiger partial charge in [-0.15, -0.1) is 0 Å². The van der Waals surface area contributed by atoms with Gasteiger partial charge >= 0.3 is 0 Å². The van der Waals surface area contributed by atoms with Crippen molar-refractivity contribution in [1.29, 1.82) is 0 Å². The first kappa shape index (κ1) is 21.1. The Hall–Kier alpha value is -3.22. The van der Waals surface area contributed by atoms with Crippen molar-refractivity contribution < 1.29 is 14.3 Å². The molecule has 2 rings (SSSR count). The van der Waals surface area contributed by atoms with Gasteiger partial charge in [0.25, 0.3) is 0 Å². The molecule has 0 radical (unpaired) electrons. The fraction of sp³-hybridized carbons (Fsp3) is 0.333. The van der Waals surface area contributed by atoms with Gasteiger partial charge in [0, 0.05) is 18.7 Å². The lowest BCUT2D eigenvalue weighted by atomic mass is 10.2. The molecular weight excluding hydrogens is 356 g/mol. The van der Waals surface area contributed by atoms with E-state index in [2.05, 4.69) is 15.6 Å². The second-order valence-electron chi connectivity index (χ2n) is 6.24. The summed E-state index contributed by atoms with van der Waals surface area (Å²) < 4.78 is 10.5. The van der Waals surface area contributed by atoms with Crippen molar-refractivity contribution in [1.82, 2.24) is 5.32 Å². The van der Waals surface area contributed by atoms with Crippen molar-refractivity contribution in [3.8, 4) is 11.5 Å². The highest BCUT2D eigenvalue weighted by molar-refractivity contribution is 5.90. The molecule has 7 heteroatoms. The van der Waals surface area contributed by atoms with Crippen LogP contribution in [0.15, 0.2) is 47.5 Å². The van der Waals surface area contributed by atoms with E-state index in [1.54, 1.807) is 14.2 Å². The highest BCUT2D eigenvalue weighted by Gasteiger charge is 2.04. The van der Waals surface area contributed by atoms with Crippen LogP contribution in [0.25, 0.3) is 0 Å². The number of anilines is 1. The summed E-state index contributed by atoms with van der Waals surface area (Å²) in [6, 6.07) is 13.3. The Morgan fingerprint density at radius 1 is 1.04 bits per heavy atom. The number of nitrogens with zero attached hydrogens (tertiary/aromatic N) is 1. The first-order valence-electron chi connectivity index (χ1n) is 9.19. The van der Waals surface area contributed by atoms with E-state index in [-0.39, 0.29) is 5.91 Å². The molecule has 0 saturated heterocycles. The summed E-state index contributed by atoms with van der Waals surface area (Å²) in [5.41, 5.74) is 8.75. The zero-order chi connectivity index (χ0) is 20.4. The molecule has 28 heavy (non-hydrogen) atoms. The molecule has 0 aliphatic heterocycles. The lowest BCUT2D eigenvalue weighted by molar-refractivity contribution is -0.116. The summed E-state index contributed by atoms with van der Waals surface area (Å²) in [7, 11) is 3.20.